The molecule has 0 bridgehead atoms. The van der Waals surface area contributed by atoms with Crippen molar-refractivity contribution >= 4 is 54.4 Å². The van der Waals surface area contributed by atoms with Crippen LogP contribution >= 0.6 is 24.8 Å². The zero-order valence-electron chi connectivity index (χ0n) is 16.3. The third-order valence-corrected chi connectivity index (χ3v) is 14.4. The average Bonchev–Trinajstić information content (AvgIpc) is 2.63. The quantitative estimate of drug-likeness (QED) is 0.368. The molecule has 132 valence electrons. The second kappa shape index (κ2) is 9.39. The Morgan fingerprint density at radius 3 is 0.958 bits per heavy atom. The SMILES string of the molecule is CC1=C(C)C(C)(C)[C]([Nd][C]2=C(C)C(C)=C(C)C2(C)C)=C1C.Cl.Cl.[NaH]. The third-order valence-electron chi connectivity index (χ3n) is 6.38. The molecule has 0 aromatic heterocycles. The van der Waals surface area contributed by atoms with Gasteiger partial charge in [-0.1, -0.05) is 0 Å². The molecule has 0 atom stereocenters. The number of hydrogen-bond donors (Lipinski definition) is 0. The van der Waals surface area contributed by atoms with E-state index in [-0.39, 0.29) is 54.4 Å². The Morgan fingerprint density at radius 2 is 0.792 bits per heavy atom. The van der Waals surface area contributed by atoms with Gasteiger partial charge in [0.05, 0.1) is 0 Å². The molecule has 0 aromatic carbocycles. The summed E-state index contributed by atoms with van der Waals surface area (Å²) in [4.78, 5) is 0. The molecule has 2 aliphatic carbocycles. The van der Waals surface area contributed by atoms with Crippen LogP contribution in [0.3, 0.4) is 0 Å². The van der Waals surface area contributed by atoms with Gasteiger partial charge < -0.3 is 0 Å². The second-order valence-corrected chi connectivity index (χ2v) is 11.9. The van der Waals surface area contributed by atoms with Crippen LogP contribution in [-0.2, 0) is 0 Å². The maximum absolute atomic E-state index is 2.44. The van der Waals surface area contributed by atoms with Gasteiger partial charge in [-0.2, -0.15) is 0 Å². The summed E-state index contributed by atoms with van der Waals surface area (Å²) in [5.74, 6) is 0. The van der Waals surface area contributed by atoms with Gasteiger partial charge in [0.2, 0.25) is 0 Å². The van der Waals surface area contributed by atoms with E-state index >= 15 is 0 Å². The van der Waals surface area contributed by atoms with Crippen molar-refractivity contribution in [3.8, 4) is 0 Å². The zero-order chi connectivity index (χ0) is 16.3. The molecule has 4 heteroatoms. The molecule has 0 N–H and O–H groups in total. The van der Waals surface area contributed by atoms with Gasteiger partial charge in [-0.3, -0.25) is 0 Å². The molecule has 0 spiro atoms. The van der Waals surface area contributed by atoms with E-state index < -0.39 is 36.7 Å². The van der Waals surface area contributed by atoms with E-state index in [9.17, 15) is 0 Å². The van der Waals surface area contributed by atoms with Gasteiger partial charge in [0.15, 0.2) is 0 Å². The van der Waals surface area contributed by atoms with Crippen LogP contribution in [0.2, 0.25) is 0 Å². The fraction of sp³-hybridized carbons (Fsp3) is 0.600. The van der Waals surface area contributed by atoms with Crippen molar-refractivity contribution in [2.24, 2.45) is 10.8 Å². The van der Waals surface area contributed by atoms with E-state index in [0.29, 0.717) is 10.8 Å². The predicted molar refractivity (Wildman–Crippen MR) is 111 cm³/mol. The van der Waals surface area contributed by atoms with Gasteiger partial charge in [-0.05, 0) is 0 Å². The Labute approximate surface area is 204 Å². The van der Waals surface area contributed by atoms with Crippen LogP contribution in [-0.4, -0.2) is 29.6 Å². The monoisotopic (exact) mass is 508 g/mol. The van der Waals surface area contributed by atoms with Crippen molar-refractivity contribution in [3.63, 3.8) is 0 Å². The molecule has 24 heavy (non-hydrogen) atoms. The van der Waals surface area contributed by atoms with Crippen molar-refractivity contribution in [1.29, 1.82) is 0 Å². The molecule has 2 rings (SSSR count). The van der Waals surface area contributed by atoms with E-state index in [4.69, 9.17) is 0 Å². The molecule has 0 radical (unpaired) electrons. The molecule has 0 aliphatic heterocycles. The van der Waals surface area contributed by atoms with Crippen LogP contribution in [0.4, 0.5) is 0 Å². The van der Waals surface area contributed by atoms with Crippen LogP contribution in [0, 0.1) is 47.5 Å². The van der Waals surface area contributed by atoms with Gasteiger partial charge in [0.25, 0.3) is 0 Å². The summed E-state index contributed by atoms with van der Waals surface area (Å²) in [6.45, 7) is 23.8. The Balaban J connectivity index is 0. The summed E-state index contributed by atoms with van der Waals surface area (Å²) < 4.78 is 3.64. The molecule has 2 aliphatic rings. The molecule has 0 aromatic rings. The van der Waals surface area contributed by atoms with Crippen molar-refractivity contribution in [3.05, 3.63) is 35.9 Å². The molecule has 0 nitrogen and oxygen atoms in total. The summed E-state index contributed by atoms with van der Waals surface area (Å²) in [5.41, 5.74) is 10.1. The molecule has 0 fully saturated rings. The van der Waals surface area contributed by atoms with E-state index in [1.807, 2.05) is 2.45 Å². The van der Waals surface area contributed by atoms with Crippen LogP contribution in [0.15, 0.2) is 35.9 Å². The summed E-state index contributed by atoms with van der Waals surface area (Å²) >= 11 is -0.997. The van der Waals surface area contributed by atoms with E-state index in [2.05, 4.69) is 69.2 Å². The van der Waals surface area contributed by atoms with E-state index in [1.54, 1.807) is 33.4 Å². The van der Waals surface area contributed by atoms with Crippen LogP contribution < -0.4 is 0 Å². The van der Waals surface area contributed by atoms with Crippen molar-refractivity contribution in [2.45, 2.75) is 69.2 Å². The van der Waals surface area contributed by atoms with Gasteiger partial charge in [-0.25, -0.2) is 0 Å². The predicted octanol–water partition coefficient (Wildman–Crippen LogP) is 6.57. The standard InChI is InChI=1S/2C10H15.2ClH.Na.Nd.H/c2*1-7-6-10(4,5)9(3)8(7)2;;;;;/h2*1-5H3;2*1H;;;. The molecule has 0 saturated carbocycles. The first-order chi connectivity index (χ1) is 9.44. The third kappa shape index (κ3) is 4.31. The van der Waals surface area contributed by atoms with Gasteiger partial charge in [-0.15, -0.1) is 24.8 Å². The van der Waals surface area contributed by atoms with E-state index in [0.717, 1.165) is 0 Å². The van der Waals surface area contributed by atoms with Gasteiger partial charge in [0.1, 0.15) is 0 Å². The Morgan fingerprint density at radius 1 is 0.542 bits per heavy atom. The van der Waals surface area contributed by atoms with Crippen molar-refractivity contribution < 1.29 is 36.7 Å². The molecular formula is C20H33Cl2NaNd. The number of halogens is 2. The van der Waals surface area contributed by atoms with Crippen LogP contribution in [0.1, 0.15) is 69.2 Å². The number of rotatable bonds is 2. The first-order valence-corrected chi connectivity index (χ1v) is 11.2. The molecule has 0 saturated heterocycles. The fourth-order valence-electron chi connectivity index (χ4n) is 3.81. The number of hydrogen-bond acceptors (Lipinski definition) is 0. The molecule has 0 unspecified atom stereocenters. The van der Waals surface area contributed by atoms with Crippen molar-refractivity contribution in [2.75, 3.05) is 0 Å². The van der Waals surface area contributed by atoms with Crippen molar-refractivity contribution in [1.82, 2.24) is 0 Å². The normalized spacial score (nSPS) is 21.6. The summed E-state index contributed by atoms with van der Waals surface area (Å²) in [7, 11) is 0. The number of allylic oxidation sites excluding steroid dienone is 8. The first kappa shape index (κ1) is 28.1. The Hall–Kier alpha value is 1.89. The van der Waals surface area contributed by atoms with Crippen LogP contribution in [0.25, 0.3) is 0 Å². The zero-order valence-corrected chi connectivity index (χ0v) is 21.2. The summed E-state index contributed by atoms with van der Waals surface area (Å²) in [6.07, 6.45) is 0. The summed E-state index contributed by atoms with van der Waals surface area (Å²) in [6, 6.07) is 0. The molecule has 0 heterocycles. The Bertz CT molecular complexity index is 591. The fourth-order valence-corrected chi connectivity index (χ4v) is 10.2. The second-order valence-electron chi connectivity index (χ2n) is 7.88. The molecular weight excluding hydrogens is 478 g/mol. The van der Waals surface area contributed by atoms with E-state index in [1.165, 1.54) is 0 Å². The topological polar surface area (TPSA) is 0 Å². The van der Waals surface area contributed by atoms with Gasteiger partial charge in [0, 0.05) is 0 Å². The molecule has 0 amide bonds. The maximum atomic E-state index is 2.44. The minimum absolute atomic E-state index is 0. The van der Waals surface area contributed by atoms with Gasteiger partial charge >= 0.3 is 182 Å². The summed E-state index contributed by atoms with van der Waals surface area (Å²) in [5, 5.41) is 0. The van der Waals surface area contributed by atoms with Crippen LogP contribution in [0.5, 0.6) is 0 Å². The minimum atomic E-state index is -0.997. The Kier molecular flexibility index (Phi) is 11.0. The first-order valence-electron chi connectivity index (χ1n) is 8.00. The average molecular weight is 512 g/mol.